The summed E-state index contributed by atoms with van der Waals surface area (Å²) in [6, 6.07) is 0. The van der Waals surface area contributed by atoms with Gasteiger partial charge in [-0.1, -0.05) is 67.0 Å². The van der Waals surface area contributed by atoms with Gasteiger partial charge in [0.2, 0.25) is 0 Å². The molecule has 3 heteroatoms. The Kier molecular flexibility index (Phi) is 5.07. The molecule has 0 heterocycles. The van der Waals surface area contributed by atoms with E-state index in [4.69, 9.17) is 0 Å². The molecule has 10 atom stereocenters. The van der Waals surface area contributed by atoms with Crippen LogP contribution in [-0.2, 0) is 0 Å². The van der Waals surface area contributed by atoms with E-state index in [0.29, 0.717) is 17.8 Å². The molecule has 5 aliphatic carbocycles. The Labute approximate surface area is 202 Å². The van der Waals surface area contributed by atoms with Crippen molar-refractivity contribution >= 4 is 0 Å². The van der Waals surface area contributed by atoms with Gasteiger partial charge in [0, 0.05) is 5.41 Å². The molecule has 0 spiro atoms. The molecule has 0 aromatic rings. The largest absolute Gasteiger partial charge is 0.393 e. The van der Waals surface area contributed by atoms with Crippen molar-refractivity contribution in [1.82, 2.24) is 0 Å². The highest BCUT2D eigenvalue weighted by Crippen LogP contribution is 2.75. The molecule has 33 heavy (non-hydrogen) atoms. The second-order valence-electron chi connectivity index (χ2n) is 15.3. The highest BCUT2D eigenvalue weighted by atomic mass is 16.3. The maximum Gasteiger partial charge on any atom is 0.0863 e. The Balaban J connectivity index is 1.58. The highest BCUT2D eigenvalue weighted by molar-refractivity contribution is 5.34. The summed E-state index contributed by atoms with van der Waals surface area (Å²) in [6.45, 7) is 18.9. The van der Waals surface area contributed by atoms with E-state index in [1.807, 2.05) is 0 Å². The third kappa shape index (κ3) is 2.80. The summed E-state index contributed by atoms with van der Waals surface area (Å²) in [5, 5.41) is 33.2. The molecule has 5 aliphatic rings. The maximum absolute atomic E-state index is 11.3. The van der Waals surface area contributed by atoms with E-state index in [-0.39, 0.29) is 38.6 Å². The lowest BCUT2D eigenvalue weighted by Crippen LogP contribution is -2.66. The first kappa shape index (κ1) is 24.3. The number of aliphatic hydroxyl groups excluding tert-OH is 3. The van der Waals surface area contributed by atoms with Gasteiger partial charge in [0.15, 0.2) is 0 Å². The van der Waals surface area contributed by atoms with E-state index in [0.717, 1.165) is 38.5 Å². The molecule has 0 aromatic heterocycles. The summed E-state index contributed by atoms with van der Waals surface area (Å²) in [7, 11) is 0. The van der Waals surface area contributed by atoms with Gasteiger partial charge in [-0.2, -0.15) is 0 Å². The quantitative estimate of drug-likeness (QED) is 0.384. The number of hydrogen-bond donors (Lipinski definition) is 3. The summed E-state index contributed by atoms with van der Waals surface area (Å²) >= 11 is 0. The van der Waals surface area contributed by atoms with Gasteiger partial charge in [0.1, 0.15) is 0 Å². The van der Waals surface area contributed by atoms with Gasteiger partial charge in [0.05, 0.1) is 18.3 Å². The average molecular weight is 459 g/mol. The summed E-state index contributed by atoms with van der Waals surface area (Å²) in [5.74, 6) is 1.56. The zero-order valence-corrected chi connectivity index (χ0v) is 22.5. The average Bonchev–Trinajstić information content (AvgIpc) is 2.72. The first-order valence-corrected chi connectivity index (χ1v) is 13.8. The second kappa shape index (κ2) is 6.88. The lowest BCUT2D eigenvalue weighted by atomic mass is 9.33. The predicted molar refractivity (Wildman–Crippen MR) is 133 cm³/mol. The zero-order valence-electron chi connectivity index (χ0n) is 22.5. The molecule has 0 aliphatic heterocycles. The van der Waals surface area contributed by atoms with Gasteiger partial charge in [0.25, 0.3) is 0 Å². The van der Waals surface area contributed by atoms with E-state index >= 15 is 0 Å². The zero-order chi connectivity index (χ0) is 24.4. The Bertz CT molecular complexity index is 859. The number of fused-ring (bicyclic) bond motifs is 7. The van der Waals surface area contributed by atoms with Crippen LogP contribution in [0.3, 0.4) is 0 Å². The number of hydrogen-bond acceptors (Lipinski definition) is 3. The Morgan fingerprint density at radius 2 is 1.39 bits per heavy atom. The van der Waals surface area contributed by atoms with E-state index < -0.39 is 12.2 Å². The molecule has 0 amide bonds. The Morgan fingerprint density at radius 3 is 2.06 bits per heavy atom. The van der Waals surface area contributed by atoms with Gasteiger partial charge in [-0.25, -0.2) is 0 Å². The van der Waals surface area contributed by atoms with Crippen LogP contribution in [0.1, 0.15) is 107 Å². The van der Waals surface area contributed by atoms with E-state index in [9.17, 15) is 15.3 Å². The van der Waals surface area contributed by atoms with Crippen LogP contribution in [0.15, 0.2) is 11.6 Å². The van der Waals surface area contributed by atoms with E-state index in [1.165, 1.54) is 12.8 Å². The van der Waals surface area contributed by atoms with Gasteiger partial charge in [-0.3, -0.25) is 0 Å². The van der Waals surface area contributed by atoms with Gasteiger partial charge in [-0.15, -0.1) is 0 Å². The molecule has 3 nitrogen and oxygen atoms in total. The fraction of sp³-hybridized carbons (Fsp3) is 0.933. The van der Waals surface area contributed by atoms with Crippen molar-refractivity contribution in [2.75, 3.05) is 0 Å². The molecule has 0 unspecified atom stereocenters. The smallest absolute Gasteiger partial charge is 0.0863 e. The van der Waals surface area contributed by atoms with Crippen LogP contribution in [-0.4, -0.2) is 33.6 Å². The van der Waals surface area contributed by atoms with Crippen molar-refractivity contribution in [3.63, 3.8) is 0 Å². The van der Waals surface area contributed by atoms with Crippen LogP contribution in [0.5, 0.6) is 0 Å². The third-order valence-corrected chi connectivity index (χ3v) is 13.3. The molecule has 5 rings (SSSR count). The minimum absolute atomic E-state index is 0.0159. The van der Waals surface area contributed by atoms with Crippen LogP contribution >= 0.6 is 0 Å². The summed E-state index contributed by atoms with van der Waals surface area (Å²) in [4.78, 5) is 0. The van der Waals surface area contributed by atoms with Gasteiger partial charge >= 0.3 is 0 Å². The predicted octanol–water partition coefficient (Wildman–Crippen LogP) is 6.11. The first-order valence-electron chi connectivity index (χ1n) is 13.8. The molecule has 4 saturated carbocycles. The van der Waals surface area contributed by atoms with Crippen molar-refractivity contribution in [2.24, 2.45) is 50.2 Å². The number of rotatable bonds is 0. The lowest BCUT2D eigenvalue weighted by molar-refractivity contribution is -0.218. The Morgan fingerprint density at radius 1 is 0.727 bits per heavy atom. The van der Waals surface area contributed by atoms with Gasteiger partial charge in [-0.05, 0) is 96.2 Å². The van der Waals surface area contributed by atoms with Crippen LogP contribution in [0.4, 0.5) is 0 Å². The molecule has 0 radical (unpaired) electrons. The molecular formula is C30H50O3. The van der Waals surface area contributed by atoms with Crippen LogP contribution in [0.25, 0.3) is 0 Å². The monoisotopic (exact) mass is 458 g/mol. The van der Waals surface area contributed by atoms with Crippen molar-refractivity contribution in [3.05, 3.63) is 11.6 Å². The van der Waals surface area contributed by atoms with Crippen LogP contribution in [0.2, 0.25) is 0 Å². The van der Waals surface area contributed by atoms with Crippen LogP contribution in [0, 0.1) is 50.2 Å². The van der Waals surface area contributed by atoms with Crippen molar-refractivity contribution in [1.29, 1.82) is 0 Å². The van der Waals surface area contributed by atoms with Crippen molar-refractivity contribution in [2.45, 2.75) is 125 Å². The van der Waals surface area contributed by atoms with E-state index in [1.54, 1.807) is 5.57 Å². The maximum atomic E-state index is 11.3. The fourth-order valence-corrected chi connectivity index (χ4v) is 10.7. The third-order valence-electron chi connectivity index (χ3n) is 13.3. The minimum Gasteiger partial charge on any atom is -0.393 e. The highest BCUT2D eigenvalue weighted by Gasteiger charge is 2.69. The number of aliphatic hydroxyl groups is 3. The molecule has 4 fully saturated rings. The molecule has 0 bridgehead atoms. The van der Waals surface area contributed by atoms with E-state index in [2.05, 4.69) is 61.5 Å². The first-order chi connectivity index (χ1) is 15.1. The minimum atomic E-state index is -0.656. The molecule has 188 valence electrons. The molecular weight excluding hydrogens is 408 g/mol. The standard InChI is InChI=1S/C30H50O3/c1-25(2)17-19-18-9-10-21-28(6)13-12-22(31)26(3,4)20(28)11-14-30(21,8)29(18,7)16-15-27(19,5)24(33)23(25)32/h9,19-24,31-33H,10-17H2,1-8H3/t19-,20-,21+,22-,23-,24+,27+,28-,29+,30+/m0/s1. The normalized spacial score (nSPS) is 57.1. The topological polar surface area (TPSA) is 60.7 Å². The molecule has 3 N–H and O–H groups in total. The van der Waals surface area contributed by atoms with Crippen molar-refractivity contribution < 1.29 is 15.3 Å². The summed E-state index contributed by atoms with van der Waals surface area (Å²) < 4.78 is 0. The van der Waals surface area contributed by atoms with Crippen LogP contribution < -0.4 is 0 Å². The lowest BCUT2D eigenvalue weighted by Gasteiger charge is -2.71. The summed E-state index contributed by atoms with van der Waals surface area (Å²) in [6.07, 6.45) is 9.83. The van der Waals surface area contributed by atoms with Crippen molar-refractivity contribution in [3.8, 4) is 0 Å². The Hall–Kier alpha value is -0.380. The van der Waals surface area contributed by atoms with Gasteiger partial charge < -0.3 is 15.3 Å². The SMILES string of the molecule is CC1(C)C[C@H]2C3=CC[C@@H]4[C@@]5(C)CC[C@H](O)C(C)(C)[C@@H]5CC[C@@]4(C)[C@]3(C)CC[C@@]2(C)[C@H](O)[C@@H]1O. The second-order valence-corrected chi connectivity index (χ2v) is 15.3. The summed E-state index contributed by atoms with van der Waals surface area (Å²) in [5.41, 5.74) is 1.74. The fourth-order valence-electron chi connectivity index (χ4n) is 10.7. The molecule has 0 aromatic carbocycles. The molecule has 0 saturated heterocycles. The number of allylic oxidation sites excluding steroid dienone is 2.